The van der Waals surface area contributed by atoms with Crippen molar-refractivity contribution in [1.29, 1.82) is 0 Å². The third-order valence-corrected chi connectivity index (χ3v) is 6.78. The van der Waals surface area contributed by atoms with Crippen LogP contribution in [0, 0.1) is 13.8 Å². The van der Waals surface area contributed by atoms with Gasteiger partial charge in [-0.3, -0.25) is 9.10 Å². The molecule has 1 amide bonds. The topological polar surface area (TPSA) is 66.5 Å². The second-order valence-corrected chi connectivity index (χ2v) is 10.4. The van der Waals surface area contributed by atoms with Crippen molar-refractivity contribution in [2.24, 2.45) is 0 Å². The van der Waals surface area contributed by atoms with Crippen molar-refractivity contribution in [2.75, 3.05) is 29.4 Å². The lowest BCUT2D eigenvalue weighted by Gasteiger charge is -2.24. The van der Waals surface area contributed by atoms with Crippen molar-refractivity contribution in [3.05, 3.63) is 64.2 Å². The van der Waals surface area contributed by atoms with Crippen molar-refractivity contribution in [2.45, 2.75) is 26.0 Å². The van der Waals surface area contributed by atoms with Crippen LogP contribution in [0.15, 0.2) is 42.5 Å². The number of nitrogens with zero attached hydrogens (tertiary/aromatic N) is 1. The summed E-state index contributed by atoms with van der Waals surface area (Å²) in [5.74, 6) is 1.48. The molecule has 2 aromatic rings. The van der Waals surface area contributed by atoms with Gasteiger partial charge in [-0.1, -0.05) is 35.9 Å². The Morgan fingerprint density at radius 1 is 1.14 bits per heavy atom. The van der Waals surface area contributed by atoms with Gasteiger partial charge in [0.15, 0.2) is 0 Å². The van der Waals surface area contributed by atoms with Crippen LogP contribution in [-0.2, 0) is 20.6 Å². The first-order valence-electron chi connectivity index (χ1n) is 9.30. The molecule has 5 nitrogen and oxygen atoms in total. The first kappa shape index (κ1) is 23.6. The summed E-state index contributed by atoms with van der Waals surface area (Å²) in [6.07, 6.45) is 1.93. The summed E-state index contributed by atoms with van der Waals surface area (Å²) in [4.78, 5) is 12.3. The van der Waals surface area contributed by atoms with E-state index >= 15 is 0 Å². The Kier molecular flexibility index (Phi) is 8.86. The molecule has 0 heterocycles. The minimum atomic E-state index is -3.57. The van der Waals surface area contributed by atoms with E-state index in [1.54, 1.807) is 17.8 Å². The number of carbonyl (C=O) groups excluding carboxylic acids is 1. The molecule has 0 saturated heterocycles. The van der Waals surface area contributed by atoms with Crippen LogP contribution in [0.3, 0.4) is 0 Å². The molecule has 0 aliphatic rings. The fourth-order valence-electron chi connectivity index (χ4n) is 2.73. The number of halogens is 1. The van der Waals surface area contributed by atoms with Crippen LogP contribution in [-0.4, -0.2) is 39.4 Å². The molecule has 29 heavy (non-hydrogen) atoms. The fraction of sp³-hybridized carbons (Fsp3) is 0.381. The molecule has 0 bridgehead atoms. The molecule has 158 valence electrons. The van der Waals surface area contributed by atoms with E-state index in [-0.39, 0.29) is 12.5 Å². The number of benzene rings is 2. The van der Waals surface area contributed by atoms with Gasteiger partial charge in [0.05, 0.1) is 11.9 Å². The van der Waals surface area contributed by atoms with E-state index in [1.807, 2.05) is 50.2 Å². The molecule has 0 aliphatic carbocycles. The molecular weight excluding hydrogens is 428 g/mol. The van der Waals surface area contributed by atoms with Crippen LogP contribution in [0.25, 0.3) is 0 Å². The number of nitrogens with one attached hydrogen (secondary N) is 1. The van der Waals surface area contributed by atoms with Gasteiger partial charge in [-0.2, -0.15) is 11.8 Å². The third kappa shape index (κ3) is 7.91. The number of amides is 1. The van der Waals surface area contributed by atoms with Gasteiger partial charge in [-0.05, 0) is 60.9 Å². The van der Waals surface area contributed by atoms with Gasteiger partial charge < -0.3 is 5.32 Å². The molecule has 0 atom stereocenters. The summed E-state index contributed by atoms with van der Waals surface area (Å²) in [5, 5.41) is 3.55. The number of aryl methyl sites for hydroxylation is 2. The molecule has 2 rings (SSSR count). The largest absolute Gasteiger partial charge is 0.354 e. The Balaban J connectivity index is 1.80. The number of hydrogen-bond acceptors (Lipinski definition) is 4. The summed E-state index contributed by atoms with van der Waals surface area (Å²) in [5.41, 5.74) is 3.51. The summed E-state index contributed by atoms with van der Waals surface area (Å²) < 4.78 is 25.6. The van der Waals surface area contributed by atoms with Crippen molar-refractivity contribution < 1.29 is 13.2 Å². The van der Waals surface area contributed by atoms with Crippen LogP contribution in [0.4, 0.5) is 5.69 Å². The third-order valence-electron chi connectivity index (χ3n) is 4.29. The quantitative estimate of drug-likeness (QED) is 0.547. The number of rotatable bonds is 10. The minimum Gasteiger partial charge on any atom is -0.354 e. The zero-order valence-corrected chi connectivity index (χ0v) is 19.3. The van der Waals surface area contributed by atoms with Gasteiger partial charge >= 0.3 is 0 Å². The number of thioether (sulfide) groups is 1. The average Bonchev–Trinajstić information content (AvgIpc) is 2.65. The second-order valence-electron chi connectivity index (χ2n) is 6.94. The molecule has 0 aliphatic heterocycles. The van der Waals surface area contributed by atoms with Gasteiger partial charge in [0.2, 0.25) is 15.9 Å². The Hall–Kier alpha value is -1.70. The number of sulfonamides is 1. The van der Waals surface area contributed by atoms with E-state index in [0.29, 0.717) is 12.2 Å². The lowest BCUT2D eigenvalue weighted by molar-refractivity contribution is -0.119. The van der Waals surface area contributed by atoms with E-state index in [2.05, 4.69) is 5.32 Å². The molecule has 0 saturated carbocycles. The number of hydrogen-bond donors (Lipinski definition) is 1. The molecule has 1 N–H and O–H groups in total. The van der Waals surface area contributed by atoms with Crippen molar-refractivity contribution in [3.8, 4) is 0 Å². The zero-order valence-electron chi connectivity index (χ0n) is 16.9. The lowest BCUT2D eigenvalue weighted by Crippen LogP contribution is -2.41. The molecular formula is C21H27ClN2O3S2. The van der Waals surface area contributed by atoms with Crippen molar-refractivity contribution in [3.63, 3.8) is 0 Å². The highest BCUT2D eigenvalue weighted by molar-refractivity contribution is 7.98. The second kappa shape index (κ2) is 10.9. The van der Waals surface area contributed by atoms with Crippen molar-refractivity contribution >= 4 is 45.0 Å². The monoisotopic (exact) mass is 454 g/mol. The number of carbonyl (C=O) groups is 1. The maximum absolute atomic E-state index is 12.3. The Labute approximate surface area is 182 Å². The van der Waals surface area contributed by atoms with Crippen LogP contribution in [0.2, 0.25) is 5.02 Å². The zero-order chi connectivity index (χ0) is 21.4. The van der Waals surface area contributed by atoms with Crippen LogP contribution in [0.5, 0.6) is 0 Å². The van der Waals surface area contributed by atoms with Gasteiger partial charge in [0.1, 0.15) is 6.54 Å². The number of anilines is 1. The first-order valence-corrected chi connectivity index (χ1v) is 12.7. The SMILES string of the molecule is Cc1ccc(C)c(N(CC(=O)NCCCSCc2ccc(Cl)cc2)S(C)(=O)=O)c1. The fourth-order valence-corrected chi connectivity index (χ4v) is 4.68. The Bertz CT molecular complexity index is 931. The van der Waals surface area contributed by atoms with Gasteiger partial charge in [0, 0.05) is 17.3 Å². The van der Waals surface area contributed by atoms with Crippen molar-refractivity contribution in [1.82, 2.24) is 5.32 Å². The van der Waals surface area contributed by atoms with E-state index in [9.17, 15) is 13.2 Å². The van der Waals surface area contributed by atoms with Crippen LogP contribution < -0.4 is 9.62 Å². The highest BCUT2D eigenvalue weighted by Crippen LogP contribution is 2.23. The molecule has 2 aromatic carbocycles. The molecule has 0 aromatic heterocycles. The van der Waals surface area contributed by atoms with Gasteiger partial charge in [-0.15, -0.1) is 0 Å². The predicted octanol–water partition coefficient (Wildman–Crippen LogP) is 4.16. The molecule has 0 fully saturated rings. The Morgan fingerprint density at radius 2 is 1.83 bits per heavy atom. The smallest absolute Gasteiger partial charge is 0.240 e. The minimum absolute atomic E-state index is 0.221. The van der Waals surface area contributed by atoms with Gasteiger partial charge in [0.25, 0.3) is 0 Å². The summed E-state index contributed by atoms with van der Waals surface area (Å²) >= 11 is 7.66. The lowest BCUT2D eigenvalue weighted by atomic mass is 10.1. The van der Waals surface area contributed by atoms with E-state index < -0.39 is 10.0 Å². The maximum Gasteiger partial charge on any atom is 0.240 e. The molecule has 0 radical (unpaired) electrons. The van der Waals surface area contributed by atoms with E-state index in [1.165, 1.54) is 9.87 Å². The molecule has 0 unspecified atom stereocenters. The molecule has 8 heteroatoms. The highest BCUT2D eigenvalue weighted by Gasteiger charge is 2.22. The van der Waals surface area contributed by atoms with Crippen LogP contribution >= 0.6 is 23.4 Å². The average molecular weight is 455 g/mol. The maximum atomic E-state index is 12.3. The summed E-state index contributed by atoms with van der Waals surface area (Å²) in [6.45, 7) is 4.02. The molecule has 0 spiro atoms. The predicted molar refractivity (Wildman–Crippen MR) is 123 cm³/mol. The Morgan fingerprint density at radius 3 is 2.48 bits per heavy atom. The summed E-state index contributed by atoms with van der Waals surface area (Å²) in [6, 6.07) is 13.3. The normalized spacial score (nSPS) is 11.3. The summed E-state index contributed by atoms with van der Waals surface area (Å²) in [7, 11) is -3.57. The van der Waals surface area contributed by atoms with Gasteiger partial charge in [-0.25, -0.2) is 8.42 Å². The van der Waals surface area contributed by atoms with E-state index in [4.69, 9.17) is 11.6 Å². The first-order chi connectivity index (χ1) is 13.7. The standard InChI is InChI=1S/C21H27ClN2O3S2/c1-16-5-6-17(2)20(13-16)24(29(3,26)27)14-21(25)23-11-4-12-28-15-18-7-9-19(22)10-8-18/h5-10,13H,4,11-12,14-15H2,1-3H3,(H,23,25). The van der Waals surface area contributed by atoms with Crippen LogP contribution in [0.1, 0.15) is 23.1 Å². The highest BCUT2D eigenvalue weighted by atomic mass is 35.5. The van der Waals surface area contributed by atoms with E-state index in [0.717, 1.165) is 40.3 Å².